The summed E-state index contributed by atoms with van der Waals surface area (Å²) in [7, 11) is 0. The molecule has 0 saturated carbocycles. The summed E-state index contributed by atoms with van der Waals surface area (Å²) in [4.78, 5) is 26.7. The number of aliphatic carboxylic acids is 1. The van der Waals surface area contributed by atoms with Gasteiger partial charge in [0.25, 0.3) is 0 Å². The molecule has 0 radical (unpaired) electrons. The maximum absolute atomic E-state index is 13.1. The molecule has 1 heterocycles. The molecule has 1 aromatic heterocycles. The van der Waals surface area contributed by atoms with Crippen molar-refractivity contribution < 1.29 is 27.9 Å². The summed E-state index contributed by atoms with van der Waals surface area (Å²) in [6, 6.07) is 4.72. The number of hydrogen-bond acceptors (Lipinski definition) is 3. The van der Waals surface area contributed by atoms with E-state index in [-0.39, 0.29) is 11.0 Å². The lowest BCUT2D eigenvalue weighted by atomic mass is 10.1. The number of nitrogens with zero attached hydrogens (tertiary/aromatic N) is 2. The molecule has 2 N–H and O–H groups in total. The van der Waals surface area contributed by atoms with E-state index in [1.807, 2.05) is 0 Å². The predicted octanol–water partition coefficient (Wildman–Crippen LogP) is 2.28. The van der Waals surface area contributed by atoms with Crippen LogP contribution in [0.25, 0.3) is 11.0 Å². The van der Waals surface area contributed by atoms with Crippen LogP contribution >= 0.6 is 0 Å². The van der Waals surface area contributed by atoms with Gasteiger partial charge < -0.3 is 15.0 Å². The lowest BCUT2D eigenvalue weighted by molar-refractivity contribution is -0.148. The second kappa shape index (κ2) is 6.50. The van der Waals surface area contributed by atoms with Crippen LogP contribution < -0.4 is 5.32 Å². The highest BCUT2D eigenvalue weighted by molar-refractivity contribution is 5.85. The van der Waals surface area contributed by atoms with Crippen molar-refractivity contribution in [3.05, 3.63) is 30.1 Å². The van der Waals surface area contributed by atoms with Crippen LogP contribution in [-0.4, -0.2) is 32.6 Å². The molecule has 130 valence electrons. The van der Waals surface area contributed by atoms with Crippen LogP contribution in [0.4, 0.5) is 13.2 Å². The Kier molecular flexibility index (Phi) is 4.81. The van der Waals surface area contributed by atoms with Crippen molar-refractivity contribution in [3.8, 4) is 0 Å². The number of alkyl halides is 3. The van der Waals surface area contributed by atoms with Crippen molar-refractivity contribution in [2.24, 2.45) is 5.92 Å². The summed E-state index contributed by atoms with van der Waals surface area (Å²) >= 11 is 0. The van der Waals surface area contributed by atoms with Crippen molar-refractivity contribution in [1.82, 2.24) is 14.9 Å². The number of carboxylic acid groups (broad SMARTS) is 1. The number of carboxylic acids is 1. The molecular formula is C15H16F3N3O3. The van der Waals surface area contributed by atoms with Crippen molar-refractivity contribution in [2.75, 3.05) is 0 Å². The first kappa shape index (κ1) is 17.8. The molecule has 0 saturated heterocycles. The molecular weight excluding hydrogens is 327 g/mol. The zero-order chi connectivity index (χ0) is 18.1. The summed E-state index contributed by atoms with van der Waals surface area (Å²) in [6.07, 6.45) is -4.73. The molecule has 1 amide bonds. The number of imidazole rings is 1. The third-order valence-electron chi connectivity index (χ3n) is 3.46. The maximum Gasteiger partial charge on any atom is 0.449 e. The monoisotopic (exact) mass is 343 g/mol. The van der Waals surface area contributed by atoms with Gasteiger partial charge in [-0.1, -0.05) is 26.0 Å². The summed E-state index contributed by atoms with van der Waals surface area (Å²) in [5, 5.41) is 11.3. The minimum absolute atomic E-state index is 0.108. The molecule has 1 aromatic carbocycles. The Morgan fingerprint density at radius 3 is 2.46 bits per heavy atom. The lowest BCUT2D eigenvalue weighted by Crippen LogP contribution is -2.45. The quantitative estimate of drug-likeness (QED) is 0.872. The van der Waals surface area contributed by atoms with Gasteiger partial charge in [-0.3, -0.25) is 4.79 Å². The van der Waals surface area contributed by atoms with E-state index in [0.717, 1.165) is 4.57 Å². The fraction of sp³-hybridized carbons (Fsp3) is 0.400. The molecule has 0 aliphatic carbocycles. The lowest BCUT2D eigenvalue weighted by Gasteiger charge is -2.19. The summed E-state index contributed by atoms with van der Waals surface area (Å²) < 4.78 is 40.2. The maximum atomic E-state index is 13.1. The Morgan fingerprint density at radius 2 is 1.92 bits per heavy atom. The summed E-state index contributed by atoms with van der Waals surface area (Å²) in [5.74, 6) is -3.68. The molecule has 0 fully saturated rings. The van der Waals surface area contributed by atoms with Gasteiger partial charge in [0.2, 0.25) is 11.7 Å². The molecule has 24 heavy (non-hydrogen) atoms. The van der Waals surface area contributed by atoms with Crippen LogP contribution in [0.1, 0.15) is 19.7 Å². The van der Waals surface area contributed by atoms with Crippen molar-refractivity contribution in [1.29, 1.82) is 0 Å². The number of benzene rings is 1. The van der Waals surface area contributed by atoms with Gasteiger partial charge in [-0.25, -0.2) is 9.78 Å². The van der Waals surface area contributed by atoms with Crippen LogP contribution in [0.15, 0.2) is 24.3 Å². The van der Waals surface area contributed by atoms with Gasteiger partial charge in [0.1, 0.15) is 12.6 Å². The predicted molar refractivity (Wildman–Crippen MR) is 79.1 cm³/mol. The van der Waals surface area contributed by atoms with Crippen molar-refractivity contribution >= 4 is 22.9 Å². The number of fused-ring (bicyclic) bond motifs is 1. The number of amides is 1. The van der Waals surface area contributed by atoms with E-state index in [1.165, 1.54) is 18.2 Å². The Balaban J connectivity index is 2.35. The van der Waals surface area contributed by atoms with Gasteiger partial charge in [-0.2, -0.15) is 13.2 Å². The van der Waals surface area contributed by atoms with E-state index in [0.29, 0.717) is 0 Å². The molecule has 0 spiro atoms. The highest BCUT2D eigenvalue weighted by atomic mass is 19.4. The largest absolute Gasteiger partial charge is 0.480 e. The molecule has 9 heteroatoms. The smallest absolute Gasteiger partial charge is 0.449 e. The van der Waals surface area contributed by atoms with E-state index in [4.69, 9.17) is 5.11 Å². The number of hydrogen-bond donors (Lipinski definition) is 2. The number of carbonyl (C=O) groups is 2. The van der Waals surface area contributed by atoms with Crippen LogP contribution in [0.5, 0.6) is 0 Å². The van der Waals surface area contributed by atoms with E-state index < -0.39 is 42.4 Å². The molecule has 0 unspecified atom stereocenters. The third-order valence-corrected chi connectivity index (χ3v) is 3.46. The normalized spacial score (nSPS) is 13.2. The minimum atomic E-state index is -4.73. The van der Waals surface area contributed by atoms with Gasteiger partial charge in [0.15, 0.2) is 0 Å². The Hall–Kier alpha value is -2.58. The van der Waals surface area contributed by atoms with Crippen LogP contribution in [-0.2, 0) is 22.3 Å². The number of rotatable bonds is 5. The fourth-order valence-electron chi connectivity index (χ4n) is 2.33. The number of para-hydroxylation sites is 2. The van der Waals surface area contributed by atoms with Crippen LogP contribution in [0.2, 0.25) is 0 Å². The number of carbonyl (C=O) groups excluding carboxylic acids is 1. The van der Waals surface area contributed by atoms with Crippen molar-refractivity contribution in [3.63, 3.8) is 0 Å². The number of aromatic nitrogens is 2. The van der Waals surface area contributed by atoms with Gasteiger partial charge in [-0.05, 0) is 18.1 Å². The zero-order valence-corrected chi connectivity index (χ0v) is 13.0. The first-order valence-electron chi connectivity index (χ1n) is 7.16. The van der Waals surface area contributed by atoms with E-state index in [2.05, 4.69) is 10.3 Å². The first-order chi connectivity index (χ1) is 11.1. The van der Waals surface area contributed by atoms with Gasteiger partial charge >= 0.3 is 12.1 Å². The van der Waals surface area contributed by atoms with Crippen molar-refractivity contribution in [2.45, 2.75) is 32.6 Å². The van der Waals surface area contributed by atoms with E-state index in [9.17, 15) is 22.8 Å². The Labute approximate surface area is 135 Å². The third kappa shape index (κ3) is 3.66. The highest BCUT2D eigenvalue weighted by Gasteiger charge is 2.38. The fourth-order valence-corrected chi connectivity index (χ4v) is 2.33. The van der Waals surface area contributed by atoms with Gasteiger partial charge in [0, 0.05) is 0 Å². The average Bonchev–Trinajstić information content (AvgIpc) is 2.83. The minimum Gasteiger partial charge on any atom is -0.480 e. The van der Waals surface area contributed by atoms with Crippen LogP contribution in [0.3, 0.4) is 0 Å². The molecule has 1 atom stereocenters. The molecule has 2 rings (SSSR count). The second-order valence-electron chi connectivity index (χ2n) is 5.64. The molecule has 0 aliphatic heterocycles. The Morgan fingerprint density at radius 1 is 1.29 bits per heavy atom. The molecule has 6 nitrogen and oxygen atoms in total. The second-order valence-corrected chi connectivity index (χ2v) is 5.64. The average molecular weight is 343 g/mol. The molecule has 2 aromatic rings. The SMILES string of the molecule is CC(C)[C@@H](NC(=O)Cn1c(C(F)(F)F)nc2ccccc21)C(=O)O. The van der Waals surface area contributed by atoms with Gasteiger partial charge in [-0.15, -0.1) is 0 Å². The topological polar surface area (TPSA) is 84.2 Å². The van der Waals surface area contributed by atoms with E-state index in [1.54, 1.807) is 19.9 Å². The first-order valence-corrected chi connectivity index (χ1v) is 7.16. The zero-order valence-electron chi connectivity index (χ0n) is 13.0. The van der Waals surface area contributed by atoms with Gasteiger partial charge in [0.05, 0.1) is 11.0 Å². The molecule has 0 bridgehead atoms. The molecule has 0 aliphatic rings. The summed E-state index contributed by atoms with van der Waals surface area (Å²) in [6.45, 7) is 2.51. The van der Waals surface area contributed by atoms with E-state index >= 15 is 0 Å². The number of nitrogens with one attached hydrogen (secondary N) is 1. The Bertz CT molecular complexity index is 768. The highest BCUT2D eigenvalue weighted by Crippen LogP contribution is 2.31. The summed E-state index contributed by atoms with van der Waals surface area (Å²) in [5.41, 5.74) is 0.257. The number of halogens is 3. The standard InChI is InChI=1S/C15H16F3N3O3/c1-8(2)12(13(23)24)20-11(22)7-21-10-6-4-3-5-9(10)19-14(21)15(16,17)18/h3-6,8,12H,7H2,1-2H3,(H,20,22)(H,23,24)/t12-/m1/s1. The van der Waals surface area contributed by atoms with Crippen LogP contribution in [0, 0.1) is 5.92 Å².